The van der Waals surface area contributed by atoms with Gasteiger partial charge in [-0.15, -0.1) is 0 Å². The Bertz CT molecular complexity index is 571. The van der Waals surface area contributed by atoms with Crippen LogP contribution in [-0.4, -0.2) is 56.1 Å². The zero-order valence-electron chi connectivity index (χ0n) is 15.8. The van der Waals surface area contributed by atoms with Crippen LogP contribution in [0.5, 0.6) is 0 Å². The average molecular weight is 361 g/mol. The van der Waals surface area contributed by atoms with Crippen molar-refractivity contribution >= 4 is 17.5 Å². The summed E-state index contributed by atoms with van der Waals surface area (Å²) >= 11 is 0. The molecule has 1 aromatic carbocycles. The van der Waals surface area contributed by atoms with E-state index < -0.39 is 0 Å². The van der Waals surface area contributed by atoms with E-state index in [0.717, 1.165) is 25.1 Å². The Morgan fingerprint density at radius 3 is 2.65 bits per heavy atom. The first-order valence-electron chi connectivity index (χ1n) is 9.68. The Balaban J connectivity index is 1.72. The smallest absolute Gasteiger partial charge is 0.254 e. The molecule has 26 heavy (non-hydrogen) atoms. The molecule has 0 saturated carbocycles. The lowest BCUT2D eigenvalue weighted by Crippen LogP contribution is -2.40. The maximum absolute atomic E-state index is 12.5. The third-order valence-corrected chi connectivity index (χ3v) is 4.46. The average Bonchev–Trinajstić information content (AvgIpc) is 2.69. The number of unbranched alkanes of at least 4 members (excludes halogenated alkanes) is 4. The highest BCUT2D eigenvalue weighted by molar-refractivity contribution is 5.95. The number of ether oxygens (including phenoxy) is 1. The van der Waals surface area contributed by atoms with Crippen molar-refractivity contribution in [1.29, 1.82) is 0 Å². The number of rotatable bonds is 10. The fraction of sp³-hybridized carbons (Fsp3) is 0.600. The number of anilines is 1. The van der Waals surface area contributed by atoms with Gasteiger partial charge in [-0.3, -0.25) is 9.59 Å². The molecular formula is C20H31N3O3. The van der Waals surface area contributed by atoms with Crippen LogP contribution in [0, 0.1) is 0 Å². The number of hydrogen-bond acceptors (Lipinski definition) is 4. The van der Waals surface area contributed by atoms with Crippen LogP contribution in [0.15, 0.2) is 24.3 Å². The van der Waals surface area contributed by atoms with Gasteiger partial charge in [-0.1, -0.05) is 38.7 Å². The molecule has 144 valence electrons. The lowest BCUT2D eigenvalue weighted by atomic mass is 10.1. The number of benzene rings is 1. The van der Waals surface area contributed by atoms with Gasteiger partial charge < -0.3 is 20.3 Å². The molecule has 6 nitrogen and oxygen atoms in total. The predicted molar refractivity (Wildman–Crippen MR) is 103 cm³/mol. The number of carbonyl (C=O) groups excluding carboxylic acids is 2. The summed E-state index contributed by atoms with van der Waals surface area (Å²) in [5, 5.41) is 6.02. The Morgan fingerprint density at radius 2 is 1.88 bits per heavy atom. The molecule has 1 heterocycles. The largest absolute Gasteiger partial charge is 0.378 e. The molecule has 0 unspecified atom stereocenters. The second-order valence-corrected chi connectivity index (χ2v) is 6.60. The molecule has 6 heteroatoms. The van der Waals surface area contributed by atoms with Gasteiger partial charge in [-0.05, 0) is 24.6 Å². The number of carbonyl (C=O) groups is 2. The highest BCUT2D eigenvalue weighted by Gasteiger charge is 2.18. The van der Waals surface area contributed by atoms with Crippen molar-refractivity contribution in [2.45, 2.75) is 39.0 Å². The molecule has 1 fully saturated rings. The molecule has 0 atom stereocenters. The zero-order chi connectivity index (χ0) is 18.6. The van der Waals surface area contributed by atoms with E-state index in [1.54, 1.807) is 17.0 Å². The van der Waals surface area contributed by atoms with Crippen molar-refractivity contribution in [1.82, 2.24) is 10.2 Å². The van der Waals surface area contributed by atoms with Crippen LogP contribution in [0.2, 0.25) is 0 Å². The first-order chi connectivity index (χ1) is 12.7. The SMILES string of the molecule is CCCCCCCNC(=O)CNc1cccc(C(=O)N2CCOCC2)c1. The van der Waals surface area contributed by atoms with E-state index in [-0.39, 0.29) is 18.4 Å². The maximum atomic E-state index is 12.5. The molecule has 1 aliphatic heterocycles. The van der Waals surface area contributed by atoms with E-state index >= 15 is 0 Å². The quantitative estimate of drug-likeness (QED) is 0.629. The third-order valence-electron chi connectivity index (χ3n) is 4.46. The minimum Gasteiger partial charge on any atom is -0.378 e. The molecule has 0 aromatic heterocycles. The van der Waals surface area contributed by atoms with Gasteiger partial charge in [0, 0.05) is 30.9 Å². The van der Waals surface area contributed by atoms with Crippen LogP contribution in [-0.2, 0) is 9.53 Å². The van der Waals surface area contributed by atoms with E-state index in [0.29, 0.717) is 31.9 Å². The number of amides is 2. The van der Waals surface area contributed by atoms with Crippen LogP contribution < -0.4 is 10.6 Å². The first kappa shape index (κ1) is 20.2. The van der Waals surface area contributed by atoms with Crippen LogP contribution in [0.25, 0.3) is 0 Å². The van der Waals surface area contributed by atoms with Gasteiger partial charge in [0.1, 0.15) is 0 Å². The lowest BCUT2D eigenvalue weighted by Gasteiger charge is -2.27. The van der Waals surface area contributed by atoms with E-state index in [2.05, 4.69) is 17.6 Å². The predicted octanol–water partition coefficient (Wildman–Crippen LogP) is 2.66. The zero-order valence-corrected chi connectivity index (χ0v) is 15.8. The number of nitrogens with zero attached hydrogens (tertiary/aromatic N) is 1. The van der Waals surface area contributed by atoms with Crippen molar-refractivity contribution < 1.29 is 14.3 Å². The summed E-state index contributed by atoms with van der Waals surface area (Å²) in [7, 11) is 0. The van der Waals surface area contributed by atoms with Gasteiger partial charge in [-0.25, -0.2) is 0 Å². The number of nitrogens with one attached hydrogen (secondary N) is 2. The Labute approximate surface area is 156 Å². The van der Waals surface area contributed by atoms with Gasteiger partial charge >= 0.3 is 0 Å². The molecule has 0 bridgehead atoms. The second-order valence-electron chi connectivity index (χ2n) is 6.60. The normalized spacial score (nSPS) is 14.1. The molecule has 1 saturated heterocycles. The fourth-order valence-corrected chi connectivity index (χ4v) is 2.91. The first-order valence-corrected chi connectivity index (χ1v) is 9.68. The molecule has 1 aromatic rings. The van der Waals surface area contributed by atoms with E-state index in [1.165, 1.54) is 19.3 Å². The second kappa shape index (κ2) is 11.5. The molecular weight excluding hydrogens is 330 g/mol. The summed E-state index contributed by atoms with van der Waals surface area (Å²) in [6, 6.07) is 7.31. The topological polar surface area (TPSA) is 70.7 Å². The molecule has 2 N–H and O–H groups in total. The summed E-state index contributed by atoms with van der Waals surface area (Å²) < 4.78 is 5.28. The van der Waals surface area contributed by atoms with Gasteiger partial charge in [0.15, 0.2) is 0 Å². The van der Waals surface area contributed by atoms with Crippen molar-refractivity contribution in [3.63, 3.8) is 0 Å². The lowest BCUT2D eigenvalue weighted by molar-refractivity contribution is -0.119. The molecule has 1 aliphatic rings. The van der Waals surface area contributed by atoms with Crippen molar-refractivity contribution in [3.8, 4) is 0 Å². The minimum absolute atomic E-state index is 0.00785. The summed E-state index contributed by atoms with van der Waals surface area (Å²) in [5.74, 6) is -0.0149. The third kappa shape index (κ3) is 7.04. The molecule has 2 amide bonds. The number of hydrogen-bond donors (Lipinski definition) is 2. The van der Waals surface area contributed by atoms with Crippen LogP contribution >= 0.6 is 0 Å². The van der Waals surface area contributed by atoms with Gasteiger partial charge in [-0.2, -0.15) is 0 Å². The van der Waals surface area contributed by atoms with Crippen molar-refractivity contribution in [2.24, 2.45) is 0 Å². The molecule has 0 radical (unpaired) electrons. The highest BCUT2D eigenvalue weighted by Crippen LogP contribution is 2.13. The van der Waals surface area contributed by atoms with Crippen molar-refractivity contribution in [2.75, 3.05) is 44.7 Å². The number of morpholine rings is 1. The Kier molecular flexibility index (Phi) is 8.96. The minimum atomic E-state index is -0.0228. The monoisotopic (exact) mass is 361 g/mol. The molecule has 0 aliphatic carbocycles. The summed E-state index contributed by atoms with van der Waals surface area (Å²) in [6.45, 7) is 5.54. The van der Waals surface area contributed by atoms with E-state index in [1.807, 2.05) is 12.1 Å². The molecule has 0 spiro atoms. The maximum Gasteiger partial charge on any atom is 0.254 e. The van der Waals surface area contributed by atoms with Gasteiger partial charge in [0.25, 0.3) is 5.91 Å². The summed E-state index contributed by atoms with van der Waals surface area (Å²) in [4.78, 5) is 26.2. The molecule has 2 rings (SSSR count). The van der Waals surface area contributed by atoms with Crippen LogP contribution in [0.3, 0.4) is 0 Å². The fourth-order valence-electron chi connectivity index (χ4n) is 2.91. The Hall–Kier alpha value is -2.08. The summed E-state index contributed by atoms with van der Waals surface area (Å²) in [5.41, 5.74) is 1.41. The van der Waals surface area contributed by atoms with Crippen LogP contribution in [0.1, 0.15) is 49.4 Å². The van der Waals surface area contributed by atoms with Crippen molar-refractivity contribution in [3.05, 3.63) is 29.8 Å². The van der Waals surface area contributed by atoms with Crippen LogP contribution in [0.4, 0.5) is 5.69 Å². The van der Waals surface area contributed by atoms with Gasteiger partial charge in [0.05, 0.1) is 19.8 Å². The summed E-state index contributed by atoms with van der Waals surface area (Å²) in [6.07, 6.45) is 5.90. The van der Waals surface area contributed by atoms with E-state index in [9.17, 15) is 9.59 Å². The standard InChI is InChI=1S/C20H31N3O3/c1-2-3-4-5-6-10-21-19(24)16-22-18-9-7-8-17(15-18)20(25)23-11-13-26-14-12-23/h7-9,15,22H,2-6,10-14,16H2,1H3,(H,21,24). The highest BCUT2D eigenvalue weighted by atomic mass is 16.5. The van der Waals surface area contributed by atoms with E-state index in [4.69, 9.17) is 4.74 Å². The Morgan fingerprint density at radius 1 is 1.12 bits per heavy atom. The van der Waals surface area contributed by atoms with Gasteiger partial charge in [0.2, 0.25) is 5.91 Å².